The summed E-state index contributed by atoms with van der Waals surface area (Å²) in [5.74, 6) is 1.60. The van der Waals surface area contributed by atoms with Gasteiger partial charge in [0.2, 0.25) is 5.82 Å². The van der Waals surface area contributed by atoms with Crippen LogP contribution in [0.15, 0.2) is 18.2 Å². The number of tetrazole rings is 1. The molecule has 0 spiro atoms. The van der Waals surface area contributed by atoms with E-state index in [1.807, 2.05) is 4.68 Å². The Kier molecular flexibility index (Phi) is 7.02. The van der Waals surface area contributed by atoms with Gasteiger partial charge >= 0.3 is 0 Å². The predicted molar refractivity (Wildman–Crippen MR) is 111 cm³/mol. The second-order valence-corrected chi connectivity index (χ2v) is 8.30. The average molecular weight is 388 g/mol. The molecule has 28 heavy (non-hydrogen) atoms. The Morgan fingerprint density at radius 2 is 1.93 bits per heavy atom. The minimum absolute atomic E-state index is 0.326. The molecule has 2 heterocycles. The summed E-state index contributed by atoms with van der Waals surface area (Å²) in [4.78, 5) is 4.12. The van der Waals surface area contributed by atoms with Gasteiger partial charge in [-0.1, -0.05) is 26.0 Å². The minimum atomic E-state index is 0.326. The zero-order valence-corrected chi connectivity index (χ0v) is 18.0. The Labute approximate surface area is 168 Å². The second-order valence-electron chi connectivity index (χ2n) is 8.30. The molecule has 7 heteroatoms. The fourth-order valence-electron chi connectivity index (χ4n) is 4.19. The number of quaternary nitrogens is 1. The van der Waals surface area contributed by atoms with E-state index in [0.29, 0.717) is 25.1 Å². The van der Waals surface area contributed by atoms with Crippen molar-refractivity contribution in [1.82, 2.24) is 20.2 Å². The maximum atomic E-state index is 5.23. The zero-order chi connectivity index (χ0) is 20.1. The number of aryl methyl sites for hydroxylation is 1. The van der Waals surface area contributed by atoms with Crippen molar-refractivity contribution in [2.75, 3.05) is 44.8 Å². The highest BCUT2D eigenvalue weighted by atomic mass is 16.5. The van der Waals surface area contributed by atoms with E-state index in [1.54, 1.807) is 12.0 Å². The minimum Gasteiger partial charge on any atom is -0.383 e. The lowest BCUT2D eigenvalue weighted by Gasteiger charge is -2.38. The van der Waals surface area contributed by atoms with Gasteiger partial charge in [-0.3, -0.25) is 0 Å². The van der Waals surface area contributed by atoms with Crippen molar-refractivity contribution in [3.8, 4) is 0 Å². The number of anilines is 1. The molecule has 1 aromatic heterocycles. The van der Waals surface area contributed by atoms with Crippen molar-refractivity contribution in [3.05, 3.63) is 35.2 Å². The predicted octanol–water partition coefficient (Wildman–Crippen LogP) is 1.43. The van der Waals surface area contributed by atoms with Crippen LogP contribution in [0, 0.1) is 19.8 Å². The maximum absolute atomic E-state index is 5.23. The third-order valence-corrected chi connectivity index (χ3v) is 5.90. The van der Waals surface area contributed by atoms with E-state index in [-0.39, 0.29) is 0 Å². The molecule has 1 aliphatic rings. The molecule has 0 unspecified atom stereocenters. The molecule has 1 N–H and O–H groups in total. The molecule has 2 aromatic rings. The molecule has 0 amide bonds. The molecule has 1 aromatic carbocycles. The van der Waals surface area contributed by atoms with Crippen LogP contribution in [0.3, 0.4) is 0 Å². The van der Waals surface area contributed by atoms with Crippen LogP contribution >= 0.6 is 0 Å². The van der Waals surface area contributed by atoms with Crippen LogP contribution in [0.1, 0.15) is 43.3 Å². The number of benzene rings is 1. The molecule has 3 rings (SSSR count). The van der Waals surface area contributed by atoms with Crippen LogP contribution in [0.25, 0.3) is 0 Å². The molecule has 0 bridgehead atoms. The summed E-state index contributed by atoms with van der Waals surface area (Å²) < 4.78 is 7.16. The van der Waals surface area contributed by atoms with Crippen molar-refractivity contribution < 1.29 is 9.64 Å². The molecular formula is C21H35N6O+. The monoisotopic (exact) mass is 387 g/mol. The third kappa shape index (κ3) is 4.70. The molecule has 0 radical (unpaired) electrons. The Morgan fingerprint density at radius 1 is 1.18 bits per heavy atom. The van der Waals surface area contributed by atoms with Crippen LogP contribution in [0.4, 0.5) is 5.69 Å². The smallest absolute Gasteiger partial charge is 0.209 e. The number of piperazine rings is 1. The van der Waals surface area contributed by atoms with Gasteiger partial charge in [-0.2, -0.15) is 0 Å². The van der Waals surface area contributed by atoms with Crippen molar-refractivity contribution in [1.29, 1.82) is 0 Å². The number of ether oxygens (including phenoxy) is 1. The molecular weight excluding hydrogens is 352 g/mol. The first kappa shape index (κ1) is 20.7. The number of methoxy groups -OCH3 is 1. The number of nitrogens with one attached hydrogen (secondary N) is 1. The fraction of sp³-hybridized carbons (Fsp3) is 0.667. The number of rotatable bonds is 8. The zero-order valence-electron chi connectivity index (χ0n) is 18.0. The van der Waals surface area contributed by atoms with Gasteiger partial charge in [0.15, 0.2) is 0 Å². The first-order valence-electron chi connectivity index (χ1n) is 10.4. The molecule has 7 nitrogen and oxygen atoms in total. The summed E-state index contributed by atoms with van der Waals surface area (Å²) in [6, 6.07) is 6.94. The normalized spacial score (nSPS) is 16.7. The number of nitrogens with zero attached hydrogens (tertiary/aromatic N) is 5. The van der Waals surface area contributed by atoms with E-state index in [0.717, 1.165) is 38.4 Å². The summed E-state index contributed by atoms with van der Waals surface area (Å²) in [5, 5.41) is 12.6. The number of aromatic nitrogens is 4. The second kappa shape index (κ2) is 9.47. The van der Waals surface area contributed by atoms with Gasteiger partial charge in [0.05, 0.1) is 39.3 Å². The average Bonchev–Trinajstić information content (AvgIpc) is 3.15. The Hall–Kier alpha value is -1.99. The molecule has 1 saturated heterocycles. The quantitative estimate of drug-likeness (QED) is 0.743. The summed E-state index contributed by atoms with van der Waals surface area (Å²) in [6.07, 6.45) is 1.09. The van der Waals surface area contributed by atoms with Crippen LogP contribution in [0.2, 0.25) is 0 Å². The number of hydrogen-bond donors (Lipinski definition) is 1. The van der Waals surface area contributed by atoms with Crippen LogP contribution in [-0.4, -0.2) is 60.1 Å². The first-order valence-corrected chi connectivity index (χ1v) is 10.4. The molecule has 1 aliphatic heterocycles. The number of hydrogen-bond acceptors (Lipinski definition) is 5. The molecule has 0 aliphatic carbocycles. The maximum Gasteiger partial charge on any atom is 0.209 e. The van der Waals surface area contributed by atoms with Crippen molar-refractivity contribution in [3.63, 3.8) is 0 Å². The summed E-state index contributed by atoms with van der Waals surface area (Å²) >= 11 is 0. The van der Waals surface area contributed by atoms with Gasteiger partial charge in [-0.25, -0.2) is 4.68 Å². The Morgan fingerprint density at radius 3 is 2.61 bits per heavy atom. The van der Waals surface area contributed by atoms with Crippen LogP contribution in [-0.2, 0) is 11.3 Å². The highest BCUT2D eigenvalue weighted by Gasteiger charge is 2.33. The highest BCUT2D eigenvalue weighted by Crippen LogP contribution is 2.23. The lowest BCUT2D eigenvalue weighted by Crippen LogP contribution is -3.15. The summed E-state index contributed by atoms with van der Waals surface area (Å²) in [5.41, 5.74) is 4.14. The molecule has 0 saturated carbocycles. The standard InChI is InChI=1S/C21H34N6O/c1-16(2)15-20(21-22-23-24-27(21)13-14-28-5)26-11-9-25(10-12-26)19-8-6-7-17(3)18(19)4/h6-8,16,20H,9-15H2,1-5H3/p+1/t20-/m1/s1. The third-order valence-electron chi connectivity index (χ3n) is 5.90. The lowest BCUT2D eigenvalue weighted by molar-refractivity contribution is -0.934. The van der Waals surface area contributed by atoms with E-state index in [2.05, 4.69) is 66.3 Å². The Balaban J connectivity index is 1.73. The van der Waals surface area contributed by atoms with Crippen LogP contribution in [0.5, 0.6) is 0 Å². The van der Waals surface area contributed by atoms with Crippen molar-refractivity contribution in [2.45, 2.75) is 46.7 Å². The largest absolute Gasteiger partial charge is 0.383 e. The van der Waals surface area contributed by atoms with Crippen LogP contribution < -0.4 is 9.80 Å². The Bertz CT molecular complexity index is 751. The van der Waals surface area contributed by atoms with E-state index in [4.69, 9.17) is 4.74 Å². The van der Waals surface area contributed by atoms with Gasteiger partial charge in [-0.15, -0.1) is 5.10 Å². The van der Waals surface area contributed by atoms with E-state index < -0.39 is 0 Å². The molecule has 1 atom stereocenters. The van der Waals surface area contributed by atoms with Gasteiger partial charge in [0.25, 0.3) is 0 Å². The van der Waals surface area contributed by atoms with Crippen molar-refractivity contribution >= 4 is 5.69 Å². The molecule has 154 valence electrons. The fourth-order valence-corrected chi connectivity index (χ4v) is 4.19. The summed E-state index contributed by atoms with van der Waals surface area (Å²) in [6.45, 7) is 14.6. The van der Waals surface area contributed by atoms with Gasteiger partial charge in [-0.05, 0) is 47.4 Å². The molecule has 1 fully saturated rings. The van der Waals surface area contributed by atoms with E-state index >= 15 is 0 Å². The van der Waals surface area contributed by atoms with E-state index in [1.165, 1.54) is 16.8 Å². The summed E-state index contributed by atoms with van der Waals surface area (Å²) in [7, 11) is 1.72. The van der Waals surface area contributed by atoms with Crippen molar-refractivity contribution in [2.24, 2.45) is 5.92 Å². The topological polar surface area (TPSA) is 60.5 Å². The lowest BCUT2D eigenvalue weighted by atomic mass is 10.0. The van der Waals surface area contributed by atoms with E-state index in [9.17, 15) is 0 Å². The van der Waals surface area contributed by atoms with Gasteiger partial charge in [0.1, 0.15) is 6.04 Å². The van der Waals surface area contributed by atoms with Gasteiger partial charge < -0.3 is 14.5 Å². The first-order chi connectivity index (χ1) is 13.5. The highest BCUT2D eigenvalue weighted by molar-refractivity contribution is 5.56. The van der Waals surface area contributed by atoms with Gasteiger partial charge in [0, 0.05) is 19.2 Å². The SMILES string of the molecule is COCCn1nnnc1[C@@H](CC(C)C)[NH+]1CCN(c2cccc(C)c2C)CC1.